The third kappa shape index (κ3) is 1.34. The molecule has 0 saturated heterocycles. The zero-order valence-electron chi connectivity index (χ0n) is 4.44. The van der Waals surface area contributed by atoms with Crippen LogP contribution in [0.3, 0.4) is 0 Å². The maximum absolute atomic E-state index is 2.36. The van der Waals surface area contributed by atoms with Crippen LogP contribution in [0.25, 0.3) is 0 Å². The Balaban J connectivity index is 2.45. The molecule has 0 fully saturated rings. The first-order valence-corrected chi connectivity index (χ1v) is 6.75. The van der Waals surface area contributed by atoms with Gasteiger partial charge in [0.25, 0.3) is 0 Å². The van der Waals surface area contributed by atoms with Crippen LogP contribution in [0.4, 0.5) is 0 Å². The van der Waals surface area contributed by atoms with E-state index in [0.29, 0.717) is 0 Å². The van der Waals surface area contributed by atoms with E-state index in [9.17, 15) is 0 Å². The summed E-state index contributed by atoms with van der Waals surface area (Å²) in [6.07, 6.45) is 7.94. The van der Waals surface area contributed by atoms with Crippen molar-refractivity contribution < 1.29 is 0 Å². The SMILES string of the molecule is [CH3][Sn][C]1=CC=CC1. The summed E-state index contributed by atoms with van der Waals surface area (Å²) in [5.41, 5.74) is 0. The minimum atomic E-state index is -0.0408. The molecular weight excluding hydrogens is 191 g/mol. The first-order valence-electron chi connectivity index (χ1n) is 2.47. The van der Waals surface area contributed by atoms with Gasteiger partial charge in [-0.1, -0.05) is 0 Å². The molecule has 1 aliphatic rings. The summed E-state index contributed by atoms with van der Waals surface area (Å²) in [7, 11) is 0. The van der Waals surface area contributed by atoms with E-state index in [4.69, 9.17) is 0 Å². The van der Waals surface area contributed by atoms with Gasteiger partial charge in [0.15, 0.2) is 0 Å². The van der Waals surface area contributed by atoms with Crippen LogP contribution in [-0.4, -0.2) is 21.1 Å². The van der Waals surface area contributed by atoms with Crippen LogP contribution in [0.5, 0.6) is 0 Å². The Morgan fingerprint density at radius 3 is 2.86 bits per heavy atom. The van der Waals surface area contributed by atoms with Crippen molar-refractivity contribution >= 4 is 21.1 Å². The van der Waals surface area contributed by atoms with Crippen molar-refractivity contribution in [3.63, 3.8) is 0 Å². The van der Waals surface area contributed by atoms with Crippen molar-refractivity contribution in [1.29, 1.82) is 0 Å². The fraction of sp³-hybridized carbons (Fsp3) is 0.333. The molecule has 0 unspecified atom stereocenters. The molecule has 0 nitrogen and oxygen atoms in total. The summed E-state index contributed by atoms with van der Waals surface area (Å²) >= 11 is -0.0408. The number of allylic oxidation sites excluding steroid dienone is 4. The average molecular weight is 199 g/mol. The van der Waals surface area contributed by atoms with Crippen LogP contribution >= 0.6 is 0 Å². The number of rotatable bonds is 1. The average Bonchev–Trinajstić information content (AvgIpc) is 2.14. The van der Waals surface area contributed by atoms with E-state index in [1.54, 1.807) is 3.59 Å². The summed E-state index contributed by atoms with van der Waals surface area (Å²) in [5, 5.41) is 0. The van der Waals surface area contributed by atoms with E-state index >= 15 is 0 Å². The summed E-state index contributed by atoms with van der Waals surface area (Å²) in [4.78, 5) is 2.36. The second kappa shape index (κ2) is 2.55. The van der Waals surface area contributed by atoms with E-state index in [-0.39, 0.29) is 21.1 Å². The first kappa shape index (κ1) is 5.42. The molecule has 7 heavy (non-hydrogen) atoms. The van der Waals surface area contributed by atoms with Crippen molar-refractivity contribution in [3.05, 3.63) is 21.8 Å². The molecule has 0 amide bonds. The molecule has 0 aromatic carbocycles. The molecule has 0 atom stereocenters. The van der Waals surface area contributed by atoms with Gasteiger partial charge in [0.05, 0.1) is 0 Å². The quantitative estimate of drug-likeness (QED) is 0.562. The van der Waals surface area contributed by atoms with Crippen molar-refractivity contribution in [3.8, 4) is 0 Å². The van der Waals surface area contributed by atoms with E-state index in [2.05, 4.69) is 23.2 Å². The fourth-order valence-corrected chi connectivity index (χ4v) is 2.30. The maximum atomic E-state index is 2.36. The van der Waals surface area contributed by atoms with Gasteiger partial charge >= 0.3 is 54.3 Å². The Labute approximate surface area is 54.5 Å². The monoisotopic (exact) mass is 200 g/mol. The van der Waals surface area contributed by atoms with Crippen LogP contribution in [0, 0.1) is 0 Å². The predicted molar refractivity (Wildman–Crippen MR) is 33.5 cm³/mol. The van der Waals surface area contributed by atoms with Crippen LogP contribution in [0.1, 0.15) is 6.42 Å². The molecule has 0 heterocycles. The summed E-state index contributed by atoms with van der Waals surface area (Å²) in [6, 6.07) is 0. The van der Waals surface area contributed by atoms with E-state index in [0.717, 1.165) is 0 Å². The second-order valence-corrected chi connectivity index (χ2v) is 4.83. The molecule has 1 aliphatic carbocycles. The molecule has 1 rings (SSSR count). The Kier molecular flexibility index (Phi) is 1.98. The van der Waals surface area contributed by atoms with Gasteiger partial charge in [0.2, 0.25) is 0 Å². The van der Waals surface area contributed by atoms with E-state index in [1.165, 1.54) is 6.42 Å². The van der Waals surface area contributed by atoms with Crippen LogP contribution in [-0.2, 0) is 0 Å². The molecular formula is C6H8Sn. The molecule has 0 spiro atoms. The van der Waals surface area contributed by atoms with E-state index < -0.39 is 0 Å². The van der Waals surface area contributed by atoms with Gasteiger partial charge < -0.3 is 0 Å². The molecule has 0 saturated carbocycles. The Bertz CT molecular complexity index is 111. The summed E-state index contributed by atoms with van der Waals surface area (Å²) in [5.74, 6) is 0. The zero-order valence-corrected chi connectivity index (χ0v) is 7.29. The van der Waals surface area contributed by atoms with Gasteiger partial charge in [-0.25, -0.2) is 0 Å². The van der Waals surface area contributed by atoms with Gasteiger partial charge in [-0.2, -0.15) is 0 Å². The van der Waals surface area contributed by atoms with Crippen LogP contribution < -0.4 is 0 Å². The van der Waals surface area contributed by atoms with E-state index in [1.807, 2.05) is 0 Å². The fourth-order valence-electron chi connectivity index (χ4n) is 0.633. The molecule has 1 heteroatoms. The molecule has 0 N–H and O–H groups in total. The standard InChI is InChI=1S/C5H5.CH3.Sn/c1-2-4-5-3-1;;/h1-3H,4H2;1H3;. The van der Waals surface area contributed by atoms with Crippen molar-refractivity contribution in [2.75, 3.05) is 0 Å². The number of hydrogen-bond acceptors (Lipinski definition) is 0. The van der Waals surface area contributed by atoms with Crippen LogP contribution in [0.15, 0.2) is 21.8 Å². The van der Waals surface area contributed by atoms with Crippen molar-refractivity contribution in [1.82, 2.24) is 0 Å². The van der Waals surface area contributed by atoms with Gasteiger partial charge in [0, 0.05) is 0 Å². The molecule has 0 aliphatic heterocycles. The Morgan fingerprint density at radius 2 is 2.57 bits per heavy atom. The van der Waals surface area contributed by atoms with Gasteiger partial charge in [-0.05, 0) is 0 Å². The van der Waals surface area contributed by atoms with Crippen molar-refractivity contribution in [2.24, 2.45) is 0 Å². The second-order valence-electron chi connectivity index (χ2n) is 1.57. The first-order chi connectivity index (χ1) is 3.43. The molecule has 0 bridgehead atoms. The molecule has 0 aromatic heterocycles. The number of hydrogen-bond donors (Lipinski definition) is 0. The topological polar surface area (TPSA) is 0 Å². The normalized spacial score (nSPS) is 17.6. The minimum absolute atomic E-state index is 0.0408. The third-order valence-corrected chi connectivity index (χ3v) is 3.98. The van der Waals surface area contributed by atoms with Gasteiger partial charge in [0.1, 0.15) is 0 Å². The summed E-state index contributed by atoms with van der Waals surface area (Å²) < 4.78 is 1.73. The van der Waals surface area contributed by atoms with Crippen LogP contribution in [0.2, 0.25) is 4.94 Å². The summed E-state index contributed by atoms with van der Waals surface area (Å²) in [6.45, 7) is 0. The molecule has 36 valence electrons. The Morgan fingerprint density at radius 1 is 1.71 bits per heavy atom. The molecule has 2 radical (unpaired) electrons. The molecule has 0 aromatic rings. The van der Waals surface area contributed by atoms with Gasteiger partial charge in [-0.15, -0.1) is 0 Å². The Hall–Kier alpha value is 0.279. The predicted octanol–water partition coefficient (Wildman–Crippen LogP) is 1.58. The third-order valence-electron chi connectivity index (χ3n) is 1.09. The van der Waals surface area contributed by atoms with Crippen molar-refractivity contribution in [2.45, 2.75) is 11.4 Å². The van der Waals surface area contributed by atoms with Gasteiger partial charge in [-0.3, -0.25) is 0 Å². The zero-order chi connectivity index (χ0) is 5.11.